The highest BCUT2D eigenvalue weighted by molar-refractivity contribution is 7.97. The molecule has 5 heteroatoms. The molecule has 0 aliphatic carbocycles. The molecular weight excluding hydrogens is 222 g/mol. The summed E-state index contributed by atoms with van der Waals surface area (Å²) in [7, 11) is 0. The molecule has 16 heavy (non-hydrogen) atoms. The molecule has 4 N–H and O–H groups in total. The molecule has 0 spiro atoms. The molecule has 0 fully saturated rings. The van der Waals surface area contributed by atoms with E-state index in [0.717, 1.165) is 4.90 Å². The average molecular weight is 239 g/mol. The number of aryl methyl sites for hydroxylation is 1. The number of hydrogen-bond acceptors (Lipinski definition) is 4. The van der Waals surface area contributed by atoms with Crippen molar-refractivity contribution in [2.24, 2.45) is 5.73 Å². The highest BCUT2D eigenvalue weighted by Gasteiger charge is 1.99. The number of rotatable bonds is 6. The Labute approximate surface area is 100 Å². The molecule has 0 aromatic heterocycles. The first-order valence-electron chi connectivity index (χ1n) is 5.15. The van der Waals surface area contributed by atoms with Crippen molar-refractivity contribution in [2.45, 2.75) is 11.8 Å². The summed E-state index contributed by atoms with van der Waals surface area (Å²) in [6.45, 7) is 3.33. The second-order valence-electron chi connectivity index (χ2n) is 3.37. The maximum atomic E-state index is 11.2. The van der Waals surface area contributed by atoms with Gasteiger partial charge in [-0.1, -0.05) is 17.7 Å². The third-order valence-corrected chi connectivity index (χ3v) is 2.71. The van der Waals surface area contributed by atoms with Gasteiger partial charge in [0.2, 0.25) is 5.91 Å². The topological polar surface area (TPSA) is 67.2 Å². The van der Waals surface area contributed by atoms with Crippen LogP contribution in [0.15, 0.2) is 29.2 Å². The van der Waals surface area contributed by atoms with Crippen molar-refractivity contribution in [1.82, 2.24) is 10.0 Å². The molecule has 1 amide bonds. The van der Waals surface area contributed by atoms with Gasteiger partial charge in [-0.25, -0.2) is 0 Å². The van der Waals surface area contributed by atoms with Crippen LogP contribution in [0.25, 0.3) is 0 Å². The smallest absolute Gasteiger partial charge is 0.234 e. The van der Waals surface area contributed by atoms with Gasteiger partial charge in [-0.15, -0.1) is 0 Å². The molecule has 1 aromatic rings. The minimum absolute atomic E-state index is 0.0370. The Morgan fingerprint density at radius 1 is 1.38 bits per heavy atom. The predicted octanol–water partition coefficient (Wildman–Crippen LogP) is 0.667. The Morgan fingerprint density at radius 2 is 2.06 bits per heavy atom. The summed E-state index contributed by atoms with van der Waals surface area (Å²) < 4.78 is 2.99. The number of carbonyl (C=O) groups excluding carboxylic acids is 1. The summed E-state index contributed by atoms with van der Waals surface area (Å²) in [5.74, 6) is -0.0370. The van der Waals surface area contributed by atoms with E-state index < -0.39 is 0 Å². The quantitative estimate of drug-likeness (QED) is 0.638. The lowest BCUT2D eigenvalue weighted by Gasteiger charge is -2.05. The first kappa shape index (κ1) is 13.0. The number of nitrogens with two attached hydrogens (primary N) is 1. The van der Waals surface area contributed by atoms with Crippen LogP contribution in [0.2, 0.25) is 0 Å². The lowest BCUT2D eigenvalue weighted by Crippen LogP contribution is -2.34. The summed E-state index contributed by atoms with van der Waals surface area (Å²) in [5, 5.41) is 2.69. The van der Waals surface area contributed by atoms with E-state index in [9.17, 15) is 4.79 Å². The van der Waals surface area contributed by atoms with E-state index in [4.69, 9.17) is 5.73 Å². The molecular formula is C11H17N3OS. The van der Waals surface area contributed by atoms with E-state index in [2.05, 4.69) is 10.0 Å². The lowest BCUT2D eigenvalue weighted by atomic mass is 10.2. The van der Waals surface area contributed by atoms with Crippen LogP contribution in [-0.2, 0) is 4.79 Å². The van der Waals surface area contributed by atoms with Gasteiger partial charge in [-0.05, 0) is 31.0 Å². The lowest BCUT2D eigenvalue weighted by molar-refractivity contribution is -0.119. The Bertz CT molecular complexity index is 327. The summed E-state index contributed by atoms with van der Waals surface area (Å²) in [6.07, 6.45) is 0. The van der Waals surface area contributed by atoms with E-state index in [1.165, 1.54) is 17.5 Å². The Morgan fingerprint density at radius 3 is 2.69 bits per heavy atom. The molecule has 0 aliphatic rings. The summed E-state index contributed by atoms with van der Waals surface area (Å²) in [4.78, 5) is 12.3. The van der Waals surface area contributed by atoms with Gasteiger partial charge in [0.15, 0.2) is 0 Å². The Kier molecular flexibility index (Phi) is 5.92. The fourth-order valence-electron chi connectivity index (χ4n) is 1.07. The van der Waals surface area contributed by atoms with Gasteiger partial charge in [-0.3, -0.25) is 9.52 Å². The van der Waals surface area contributed by atoms with Crippen LogP contribution in [0, 0.1) is 6.92 Å². The number of hydrogen-bond donors (Lipinski definition) is 3. The number of nitrogens with one attached hydrogen (secondary N) is 2. The zero-order chi connectivity index (χ0) is 11.8. The normalized spacial score (nSPS) is 10.1. The molecule has 1 rings (SSSR count). The highest BCUT2D eigenvalue weighted by Crippen LogP contribution is 2.14. The molecule has 0 saturated carbocycles. The molecule has 0 saturated heterocycles. The van der Waals surface area contributed by atoms with Crippen LogP contribution in [0.3, 0.4) is 0 Å². The fourth-order valence-corrected chi connectivity index (χ4v) is 1.71. The maximum Gasteiger partial charge on any atom is 0.234 e. The molecule has 4 nitrogen and oxygen atoms in total. The molecule has 0 heterocycles. The molecule has 0 atom stereocenters. The zero-order valence-corrected chi connectivity index (χ0v) is 10.1. The second-order valence-corrected chi connectivity index (χ2v) is 4.34. The van der Waals surface area contributed by atoms with Gasteiger partial charge >= 0.3 is 0 Å². The van der Waals surface area contributed by atoms with Crippen LogP contribution in [-0.4, -0.2) is 25.5 Å². The first-order chi connectivity index (χ1) is 7.72. The van der Waals surface area contributed by atoms with Crippen molar-refractivity contribution in [3.8, 4) is 0 Å². The molecule has 88 valence electrons. The number of benzene rings is 1. The second kappa shape index (κ2) is 7.27. The largest absolute Gasteiger partial charge is 0.354 e. The third-order valence-electron chi connectivity index (χ3n) is 1.91. The van der Waals surface area contributed by atoms with Crippen LogP contribution in [0.5, 0.6) is 0 Å². The van der Waals surface area contributed by atoms with Gasteiger partial charge in [-0.2, -0.15) is 0 Å². The highest BCUT2D eigenvalue weighted by atomic mass is 32.2. The third kappa shape index (κ3) is 5.16. The number of carbonyl (C=O) groups is 1. The van der Waals surface area contributed by atoms with Crippen molar-refractivity contribution >= 4 is 17.9 Å². The van der Waals surface area contributed by atoms with Gasteiger partial charge < -0.3 is 11.1 Å². The summed E-state index contributed by atoms with van der Waals surface area (Å²) >= 11 is 1.45. The maximum absolute atomic E-state index is 11.2. The van der Waals surface area contributed by atoms with E-state index in [-0.39, 0.29) is 5.91 Å². The SMILES string of the molecule is Cc1ccc(SNCC(=O)NCCN)cc1. The first-order valence-corrected chi connectivity index (χ1v) is 5.97. The van der Waals surface area contributed by atoms with Crippen LogP contribution >= 0.6 is 11.9 Å². The van der Waals surface area contributed by atoms with Crippen molar-refractivity contribution in [1.29, 1.82) is 0 Å². The monoisotopic (exact) mass is 239 g/mol. The molecule has 0 radical (unpaired) electrons. The van der Waals surface area contributed by atoms with Crippen molar-refractivity contribution in [2.75, 3.05) is 19.6 Å². The van der Waals surface area contributed by atoms with Gasteiger partial charge in [0, 0.05) is 18.0 Å². The number of amides is 1. The van der Waals surface area contributed by atoms with Crippen molar-refractivity contribution in [3.05, 3.63) is 29.8 Å². The Hall–Kier alpha value is -1.04. The van der Waals surface area contributed by atoms with E-state index >= 15 is 0 Å². The average Bonchev–Trinajstić information content (AvgIpc) is 2.29. The van der Waals surface area contributed by atoms with Crippen molar-refractivity contribution in [3.63, 3.8) is 0 Å². The Balaban J connectivity index is 2.20. The molecule has 0 bridgehead atoms. The van der Waals surface area contributed by atoms with Crippen LogP contribution in [0.4, 0.5) is 0 Å². The fraction of sp³-hybridized carbons (Fsp3) is 0.364. The minimum atomic E-state index is -0.0370. The van der Waals surface area contributed by atoms with Crippen LogP contribution < -0.4 is 15.8 Å². The van der Waals surface area contributed by atoms with E-state index in [1.54, 1.807) is 0 Å². The van der Waals surface area contributed by atoms with E-state index in [1.807, 2.05) is 31.2 Å². The summed E-state index contributed by atoms with van der Waals surface area (Å²) in [6, 6.07) is 8.12. The van der Waals surface area contributed by atoms with Gasteiger partial charge in [0.1, 0.15) is 0 Å². The van der Waals surface area contributed by atoms with Gasteiger partial charge in [0.25, 0.3) is 0 Å². The van der Waals surface area contributed by atoms with E-state index in [0.29, 0.717) is 19.6 Å². The van der Waals surface area contributed by atoms with Gasteiger partial charge in [0.05, 0.1) is 6.54 Å². The minimum Gasteiger partial charge on any atom is -0.354 e. The summed E-state index contributed by atoms with van der Waals surface area (Å²) in [5.41, 5.74) is 6.50. The van der Waals surface area contributed by atoms with Crippen molar-refractivity contribution < 1.29 is 4.79 Å². The molecule has 1 aromatic carbocycles. The molecule has 0 aliphatic heterocycles. The van der Waals surface area contributed by atoms with Crippen LogP contribution in [0.1, 0.15) is 5.56 Å². The predicted molar refractivity (Wildman–Crippen MR) is 67.1 cm³/mol. The standard InChI is InChI=1S/C11H17N3OS/c1-9-2-4-10(5-3-9)16-14-8-11(15)13-7-6-12/h2-5,14H,6-8,12H2,1H3,(H,13,15). The zero-order valence-electron chi connectivity index (χ0n) is 9.32. The molecule has 0 unspecified atom stereocenters.